The summed E-state index contributed by atoms with van der Waals surface area (Å²) in [7, 11) is 4.76. The Kier molecular flexibility index (Phi) is 12.8. The third kappa shape index (κ3) is 8.84. The Morgan fingerprint density at radius 3 is 2.32 bits per heavy atom. The number of methoxy groups -OCH3 is 1. The molecule has 18 heteroatoms. The number of halogens is 2. The first-order chi connectivity index (χ1) is 31.1. The van der Waals surface area contributed by atoms with Crippen LogP contribution in [0.25, 0.3) is 22.4 Å². The van der Waals surface area contributed by atoms with Gasteiger partial charge in [0.15, 0.2) is 5.69 Å². The van der Waals surface area contributed by atoms with Crippen LogP contribution in [-0.4, -0.2) is 77.0 Å². The number of imide groups is 1. The summed E-state index contributed by atoms with van der Waals surface area (Å²) >= 11 is 11.8. The fourth-order valence-electron chi connectivity index (χ4n) is 9.01. The molecule has 338 valence electrons. The van der Waals surface area contributed by atoms with Crippen molar-refractivity contribution in [2.75, 3.05) is 25.1 Å². The first-order valence-electron chi connectivity index (χ1n) is 21.5. The van der Waals surface area contributed by atoms with Gasteiger partial charge in [0.05, 0.1) is 46.5 Å². The van der Waals surface area contributed by atoms with Gasteiger partial charge in [0, 0.05) is 57.1 Å². The molecule has 2 aromatic carbocycles. The SMILES string of the molecule is COc1ncc(C(=O)N2CCC(CCc3ccc4c(c3)n(C)c(=O)n4C3CCC(=O)NC3=O)CC2)cc1-c1nc2c(n1C(C)C)CN(c1cc(Cl)cn(C)c1=O)C2=O.Clc1ccccc1. The van der Waals surface area contributed by atoms with E-state index in [4.69, 9.17) is 32.9 Å². The first-order valence-corrected chi connectivity index (χ1v) is 22.3. The van der Waals surface area contributed by atoms with Crippen molar-refractivity contribution in [3.63, 3.8) is 0 Å². The van der Waals surface area contributed by atoms with E-state index in [-0.39, 0.29) is 65.8 Å². The van der Waals surface area contributed by atoms with E-state index in [9.17, 15) is 28.8 Å². The number of ether oxygens (including phenoxy) is 1. The van der Waals surface area contributed by atoms with Crippen LogP contribution in [0.15, 0.2) is 82.6 Å². The van der Waals surface area contributed by atoms with Gasteiger partial charge >= 0.3 is 5.69 Å². The molecule has 9 rings (SSSR count). The van der Waals surface area contributed by atoms with Gasteiger partial charge in [-0.15, -0.1) is 0 Å². The molecule has 2 saturated heterocycles. The smallest absolute Gasteiger partial charge is 0.329 e. The van der Waals surface area contributed by atoms with Crippen molar-refractivity contribution in [3.05, 3.63) is 126 Å². The number of hydrogen-bond acceptors (Lipinski definition) is 9. The Hall–Kier alpha value is -6.52. The third-order valence-corrected chi connectivity index (χ3v) is 12.8. The van der Waals surface area contributed by atoms with Gasteiger partial charge in [-0.25, -0.2) is 14.8 Å². The molecule has 0 spiro atoms. The summed E-state index contributed by atoms with van der Waals surface area (Å²) in [5.74, 6) is -0.266. The summed E-state index contributed by atoms with van der Waals surface area (Å²) in [6.07, 6.45) is 6.83. The maximum atomic E-state index is 13.9. The number of imidazole rings is 2. The number of amides is 4. The molecule has 16 nitrogen and oxygen atoms in total. The molecule has 3 aliphatic heterocycles. The number of rotatable bonds is 9. The highest BCUT2D eigenvalue weighted by molar-refractivity contribution is 6.31. The van der Waals surface area contributed by atoms with Crippen LogP contribution in [0.3, 0.4) is 0 Å². The van der Waals surface area contributed by atoms with E-state index in [0.717, 1.165) is 41.8 Å². The van der Waals surface area contributed by atoms with E-state index in [2.05, 4.69) is 10.3 Å². The standard InChI is InChI=1S/C41H44ClN9O7.C6H5Cl/c1-22(2)50-32-21-49(31-18-26(42)20-46(3)39(31)55)40(56)34(32)45-35(50)27-17-25(19-43-37(27)58-5)38(54)48-14-12-23(13-15-48)6-7-24-8-9-28-30(16-24)47(4)41(57)51(28)29-10-11-33(52)44-36(29)53;7-6-4-2-1-3-5-6/h8-9,16-20,22-23,29H,6-7,10-15,21H2,1-5H3,(H,44,52,53);1-5H. The number of anilines is 1. The van der Waals surface area contributed by atoms with Crippen LogP contribution in [-0.2, 0) is 36.6 Å². The number of benzene rings is 2. The quantitative estimate of drug-likeness (QED) is 0.159. The highest BCUT2D eigenvalue weighted by atomic mass is 35.5. The number of pyridine rings is 2. The van der Waals surface area contributed by atoms with Crippen molar-refractivity contribution in [2.45, 2.75) is 71.0 Å². The molecule has 3 aliphatic rings. The fourth-order valence-corrected chi connectivity index (χ4v) is 9.40. The Morgan fingerprint density at radius 1 is 0.923 bits per heavy atom. The minimum atomic E-state index is -0.728. The number of likely N-dealkylation sites (tertiary alicyclic amines) is 1. The summed E-state index contributed by atoms with van der Waals surface area (Å²) in [6.45, 7) is 5.21. The van der Waals surface area contributed by atoms with Crippen molar-refractivity contribution in [2.24, 2.45) is 20.0 Å². The van der Waals surface area contributed by atoms with Crippen molar-refractivity contribution >= 4 is 63.6 Å². The van der Waals surface area contributed by atoms with Crippen LogP contribution in [0.1, 0.15) is 90.1 Å². The Labute approximate surface area is 384 Å². The van der Waals surface area contributed by atoms with Crippen LogP contribution in [0.5, 0.6) is 5.88 Å². The molecular formula is C47H49Cl2N9O7. The second kappa shape index (κ2) is 18.5. The number of carbonyl (C=O) groups excluding carboxylic acids is 4. The van der Waals surface area contributed by atoms with Gasteiger partial charge in [0.2, 0.25) is 17.7 Å². The molecule has 6 aromatic rings. The third-order valence-electron chi connectivity index (χ3n) is 12.4. The minimum absolute atomic E-state index is 0.116. The average Bonchev–Trinajstić information content (AvgIpc) is 3.91. The fraction of sp³-hybridized carbons (Fsp3) is 0.362. The zero-order valence-corrected chi connectivity index (χ0v) is 38.2. The molecule has 0 bridgehead atoms. The molecule has 4 amide bonds. The van der Waals surface area contributed by atoms with Crippen molar-refractivity contribution in [3.8, 4) is 17.3 Å². The number of nitrogens with zero attached hydrogens (tertiary/aromatic N) is 8. The Bertz CT molecular complexity index is 2970. The van der Waals surface area contributed by atoms with E-state index in [1.807, 2.05) is 71.8 Å². The van der Waals surface area contributed by atoms with Gasteiger partial charge in [0.25, 0.3) is 17.4 Å². The molecule has 2 fully saturated rings. The van der Waals surface area contributed by atoms with Crippen molar-refractivity contribution in [1.29, 1.82) is 0 Å². The molecule has 1 atom stereocenters. The van der Waals surface area contributed by atoms with Gasteiger partial charge < -0.3 is 18.8 Å². The van der Waals surface area contributed by atoms with E-state index in [0.29, 0.717) is 52.2 Å². The molecule has 0 radical (unpaired) electrons. The monoisotopic (exact) mass is 921 g/mol. The highest BCUT2D eigenvalue weighted by Gasteiger charge is 2.38. The summed E-state index contributed by atoms with van der Waals surface area (Å²) < 4.78 is 11.9. The number of fused-ring (bicyclic) bond motifs is 2. The van der Waals surface area contributed by atoms with Crippen molar-refractivity contribution < 1.29 is 23.9 Å². The Balaban J connectivity index is 0.000000753. The molecule has 0 aliphatic carbocycles. The lowest BCUT2D eigenvalue weighted by Gasteiger charge is -2.32. The van der Waals surface area contributed by atoms with Crippen LogP contribution in [0.4, 0.5) is 5.69 Å². The lowest BCUT2D eigenvalue weighted by Crippen LogP contribution is -2.44. The maximum absolute atomic E-state index is 13.9. The van der Waals surface area contributed by atoms with E-state index in [1.165, 1.54) is 39.6 Å². The summed E-state index contributed by atoms with van der Waals surface area (Å²) in [6, 6.07) is 17.7. The van der Waals surface area contributed by atoms with Gasteiger partial charge in [-0.05, 0) is 93.8 Å². The van der Waals surface area contributed by atoms with Gasteiger partial charge in [-0.3, -0.25) is 43.3 Å². The van der Waals surface area contributed by atoms with E-state index < -0.39 is 17.9 Å². The number of aryl methyl sites for hydroxylation is 3. The van der Waals surface area contributed by atoms with E-state index in [1.54, 1.807) is 24.7 Å². The van der Waals surface area contributed by atoms with Gasteiger partial charge in [-0.1, -0.05) is 47.5 Å². The highest BCUT2D eigenvalue weighted by Crippen LogP contribution is 2.37. The zero-order chi connectivity index (χ0) is 46.3. The topological polar surface area (TPSA) is 176 Å². The van der Waals surface area contributed by atoms with Gasteiger partial charge in [-0.2, -0.15) is 0 Å². The lowest BCUT2D eigenvalue weighted by molar-refractivity contribution is -0.135. The lowest BCUT2D eigenvalue weighted by atomic mass is 9.90. The maximum Gasteiger partial charge on any atom is 0.329 e. The normalized spacial score (nSPS) is 16.5. The predicted octanol–water partition coefficient (Wildman–Crippen LogP) is 6.50. The number of piperidine rings is 2. The van der Waals surface area contributed by atoms with Crippen LogP contribution in [0.2, 0.25) is 10.0 Å². The predicted molar refractivity (Wildman–Crippen MR) is 247 cm³/mol. The number of carbonyl (C=O) groups is 4. The average molecular weight is 923 g/mol. The number of hydrogen-bond donors (Lipinski definition) is 1. The summed E-state index contributed by atoms with van der Waals surface area (Å²) in [5.41, 5.74) is 3.69. The number of nitrogens with one attached hydrogen (secondary N) is 1. The first kappa shape index (κ1) is 45.1. The van der Waals surface area contributed by atoms with E-state index >= 15 is 0 Å². The molecule has 1 unspecified atom stereocenters. The van der Waals surface area contributed by atoms with Crippen LogP contribution in [0, 0.1) is 5.92 Å². The minimum Gasteiger partial charge on any atom is -0.480 e. The van der Waals surface area contributed by atoms with Crippen molar-refractivity contribution in [1.82, 2.24) is 38.5 Å². The summed E-state index contributed by atoms with van der Waals surface area (Å²) in [5, 5.41) is 3.47. The van der Waals surface area contributed by atoms with Gasteiger partial charge in [0.1, 0.15) is 17.6 Å². The molecule has 0 saturated carbocycles. The molecule has 65 heavy (non-hydrogen) atoms. The Morgan fingerprint density at radius 2 is 1.66 bits per heavy atom. The summed E-state index contributed by atoms with van der Waals surface area (Å²) in [4.78, 5) is 90.6. The number of aromatic nitrogens is 6. The molecule has 1 N–H and O–H groups in total. The van der Waals surface area contributed by atoms with Crippen LogP contribution >= 0.6 is 23.2 Å². The molecular weight excluding hydrogens is 873 g/mol. The zero-order valence-electron chi connectivity index (χ0n) is 36.7. The second-order valence-electron chi connectivity index (χ2n) is 16.9. The largest absolute Gasteiger partial charge is 0.480 e. The molecule has 7 heterocycles. The van der Waals surface area contributed by atoms with Crippen LogP contribution < -0.4 is 26.2 Å². The second-order valence-corrected chi connectivity index (χ2v) is 17.8. The molecule has 4 aromatic heterocycles.